The molecule has 7 nitrogen and oxygen atoms in total. The van der Waals surface area contributed by atoms with E-state index in [1.807, 2.05) is 13.8 Å². The van der Waals surface area contributed by atoms with Gasteiger partial charge in [0.1, 0.15) is 5.82 Å². The van der Waals surface area contributed by atoms with E-state index in [-0.39, 0.29) is 11.9 Å². The number of amides is 1. The van der Waals surface area contributed by atoms with Gasteiger partial charge in [0.05, 0.1) is 11.7 Å². The molecule has 20 heavy (non-hydrogen) atoms. The van der Waals surface area contributed by atoms with E-state index in [4.69, 9.17) is 0 Å². The molecule has 1 atom stereocenters. The fraction of sp³-hybridized carbons (Fsp3) is 0.462. The zero-order valence-corrected chi connectivity index (χ0v) is 11.5. The largest absolute Gasteiger partial charge is 0.341 e. The van der Waals surface area contributed by atoms with E-state index in [1.54, 1.807) is 12.1 Å². The van der Waals surface area contributed by atoms with Crippen molar-refractivity contribution in [2.24, 2.45) is 0 Å². The lowest BCUT2D eigenvalue weighted by molar-refractivity contribution is 0.0931. The van der Waals surface area contributed by atoms with Crippen molar-refractivity contribution in [3.05, 3.63) is 35.2 Å². The number of hydrogen-bond donors (Lipinski definition) is 1. The van der Waals surface area contributed by atoms with E-state index in [9.17, 15) is 4.79 Å². The molecule has 0 bridgehead atoms. The Morgan fingerprint density at radius 2 is 2.15 bits per heavy atom. The lowest BCUT2D eigenvalue weighted by Gasteiger charge is -2.13. The van der Waals surface area contributed by atoms with Crippen LogP contribution >= 0.6 is 0 Å². The molecule has 7 heteroatoms. The first-order valence-corrected chi connectivity index (χ1v) is 6.68. The summed E-state index contributed by atoms with van der Waals surface area (Å²) in [6, 6.07) is 3.23. The predicted molar refractivity (Wildman–Crippen MR) is 71.0 cm³/mol. The number of nitrogens with zero attached hydrogens (tertiary/aromatic N) is 5. The molecule has 0 saturated heterocycles. The Kier molecular flexibility index (Phi) is 3.17. The smallest absolute Gasteiger partial charge is 0.272 e. The Balaban J connectivity index is 1.73. The van der Waals surface area contributed by atoms with Crippen molar-refractivity contribution < 1.29 is 4.79 Å². The van der Waals surface area contributed by atoms with Gasteiger partial charge in [-0.2, -0.15) is 5.10 Å². The fourth-order valence-corrected chi connectivity index (χ4v) is 2.35. The highest BCUT2D eigenvalue weighted by Gasteiger charge is 2.22. The molecule has 3 rings (SSSR count). The minimum atomic E-state index is -0.250. The number of hydrogen-bond acceptors (Lipinski definition) is 5. The van der Waals surface area contributed by atoms with E-state index < -0.39 is 0 Å². The van der Waals surface area contributed by atoms with Crippen LogP contribution in [0.4, 0.5) is 0 Å². The van der Waals surface area contributed by atoms with Crippen LogP contribution in [-0.4, -0.2) is 30.9 Å². The first-order chi connectivity index (χ1) is 9.65. The summed E-state index contributed by atoms with van der Waals surface area (Å²) < 4.78 is 2.08. The summed E-state index contributed by atoms with van der Waals surface area (Å²) in [5, 5.41) is 19.0. The third-order valence-corrected chi connectivity index (χ3v) is 3.40. The van der Waals surface area contributed by atoms with Crippen molar-refractivity contribution in [1.82, 2.24) is 30.3 Å². The summed E-state index contributed by atoms with van der Waals surface area (Å²) in [5.74, 6) is 1.54. The highest BCUT2D eigenvalue weighted by Crippen LogP contribution is 2.19. The van der Waals surface area contributed by atoms with E-state index >= 15 is 0 Å². The molecule has 1 N–H and O–H groups in total. The maximum absolute atomic E-state index is 12.1. The number of carbonyl (C=O) groups is 1. The average molecular weight is 272 g/mol. The standard InChI is InChI=1S/C13H16N6O/c1-8-5-6-10(16-15-8)13(20)14-9(2)12-18-17-11-4-3-7-19(11)12/h5-6,9H,3-4,7H2,1-2H3,(H,14,20). The zero-order valence-electron chi connectivity index (χ0n) is 11.5. The van der Waals surface area contributed by atoms with Crippen molar-refractivity contribution in [2.75, 3.05) is 0 Å². The van der Waals surface area contributed by atoms with Crippen molar-refractivity contribution in [3.63, 3.8) is 0 Å². The SMILES string of the molecule is Cc1ccc(C(=O)NC(C)c2nnc3n2CCC3)nn1. The quantitative estimate of drug-likeness (QED) is 0.893. The van der Waals surface area contributed by atoms with Crippen LogP contribution < -0.4 is 5.32 Å². The van der Waals surface area contributed by atoms with Crippen LogP contribution in [0.1, 0.15) is 47.2 Å². The molecule has 0 saturated carbocycles. The summed E-state index contributed by atoms with van der Waals surface area (Å²) in [5.41, 5.74) is 1.09. The summed E-state index contributed by atoms with van der Waals surface area (Å²) in [4.78, 5) is 12.1. The van der Waals surface area contributed by atoms with Crippen LogP contribution in [0.15, 0.2) is 12.1 Å². The molecule has 1 aliphatic heterocycles. The van der Waals surface area contributed by atoms with Gasteiger partial charge in [-0.15, -0.1) is 15.3 Å². The monoisotopic (exact) mass is 272 g/mol. The maximum atomic E-state index is 12.1. The Morgan fingerprint density at radius 3 is 2.90 bits per heavy atom. The average Bonchev–Trinajstić information content (AvgIpc) is 3.01. The second-order valence-electron chi connectivity index (χ2n) is 4.98. The van der Waals surface area contributed by atoms with E-state index in [0.29, 0.717) is 5.69 Å². The summed E-state index contributed by atoms with van der Waals surface area (Å²) in [7, 11) is 0. The third-order valence-electron chi connectivity index (χ3n) is 3.40. The second-order valence-corrected chi connectivity index (χ2v) is 4.98. The number of nitrogens with one attached hydrogen (secondary N) is 1. The van der Waals surface area contributed by atoms with Gasteiger partial charge in [0, 0.05) is 13.0 Å². The molecular formula is C13H16N6O. The zero-order chi connectivity index (χ0) is 14.1. The minimum absolute atomic E-state index is 0.204. The number of fused-ring (bicyclic) bond motifs is 1. The highest BCUT2D eigenvalue weighted by atomic mass is 16.2. The topological polar surface area (TPSA) is 85.6 Å². The molecule has 3 heterocycles. The van der Waals surface area contributed by atoms with Gasteiger partial charge in [0.2, 0.25) is 0 Å². The number of aromatic nitrogens is 5. The van der Waals surface area contributed by atoms with Gasteiger partial charge in [-0.3, -0.25) is 4.79 Å². The number of carbonyl (C=O) groups excluding carboxylic acids is 1. The van der Waals surface area contributed by atoms with Crippen LogP contribution in [0.2, 0.25) is 0 Å². The van der Waals surface area contributed by atoms with E-state index in [2.05, 4.69) is 30.3 Å². The first kappa shape index (κ1) is 12.7. The molecule has 0 aromatic carbocycles. The van der Waals surface area contributed by atoms with Crippen LogP contribution in [0.5, 0.6) is 0 Å². The Labute approximate surface area is 116 Å². The Morgan fingerprint density at radius 1 is 1.30 bits per heavy atom. The molecule has 0 radical (unpaired) electrons. The molecule has 2 aromatic heterocycles. The van der Waals surface area contributed by atoms with Gasteiger partial charge in [-0.25, -0.2) is 0 Å². The first-order valence-electron chi connectivity index (χ1n) is 6.68. The summed E-state index contributed by atoms with van der Waals surface area (Å²) in [6.45, 7) is 4.65. The predicted octanol–water partition coefficient (Wildman–Crippen LogP) is 0.814. The maximum Gasteiger partial charge on any atom is 0.272 e. The number of aryl methyl sites for hydroxylation is 2. The Bertz CT molecular complexity index is 633. The molecule has 0 aliphatic carbocycles. The number of rotatable bonds is 3. The third kappa shape index (κ3) is 2.26. The molecule has 0 spiro atoms. The fourth-order valence-electron chi connectivity index (χ4n) is 2.35. The van der Waals surface area contributed by atoms with Crippen molar-refractivity contribution >= 4 is 5.91 Å². The molecule has 104 valence electrons. The second kappa shape index (κ2) is 4.99. The van der Waals surface area contributed by atoms with Gasteiger partial charge < -0.3 is 9.88 Å². The van der Waals surface area contributed by atoms with Gasteiger partial charge in [-0.05, 0) is 32.4 Å². The van der Waals surface area contributed by atoms with Crippen molar-refractivity contribution in [2.45, 2.75) is 39.3 Å². The van der Waals surface area contributed by atoms with Gasteiger partial charge in [-0.1, -0.05) is 0 Å². The molecule has 1 unspecified atom stereocenters. The lowest BCUT2D eigenvalue weighted by Crippen LogP contribution is -2.29. The van der Waals surface area contributed by atoms with Gasteiger partial charge in [0.25, 0.3) is 5.91 Å². The van der Waals surface area contributed by atoms with Crippen LogP contribution in [-0.2, 0) is 13.0 Å². The van der Waals surface area contributed by atoms with Crippen molar-refractivity contribution in [1.29, 1.82) is 0 Å². The van der Waals surface area contributed by atoms with Crippen LogP contribution in [0.3, 0.4) is 0 Å². The van der Waals surface area contributed by atoms with Gasteiger partial charge in [0.15, 0.2) is 11.5 Å². The van der Waals surface area contributed by atoms with E-state index in [1.165, 1.54) is 0 Å². The normalized spacial score (nSPS) is 14.9. The lowest BCUT2D eigenvalue weighted by atomic mass is 10.2. The summed E-state index contributed by atoms with van der Waals surface area (Å²) >= 11 is 0. The van der Waals surface area contributed by atoms with Crippen LogP contribution in [0.25, 0.3) is 0 Å². The Hall–Kier alpha value is -2.31. The summed E-state index contributed by atoms with van der Waals surface area (Å²) in [6.07, 6.45) is 2.04. The molecule has 1 amide bonds. The van der Waals surface area contributed by atoms with E-state index in [0.717, 1.165) is 36.7 Å². The minimum Gasteiger partial charge on any atom is -0.341 e. The van der Waals surface area contributed by atoms with Crippen molar-refractivity contribution in [3.8, 4) is 0 Å². The highest BCUT2D eigenvalue weighted by molar-refractivity contribution is 5.92. The molecule has 0 fully saturated rings. The molecular weight excluding hydrogens is 256 g/mol. The van der Waals surface area contributed by atoms with Crippen LogP contribution in [0, 0.1) is 6.92 Å². The molecule has 1 aliphatic rings. The molecule has 2 aromatic rings. The van der Waals surface area contributed by atoms with Gasteiger partial charge >= 0.3 is 0 Å².